The Bertz CT molecular complexity index is 705. The maximum absolute atomic E-state index is 11.8. The predicted molar refractivity (Wildman–Crippen MR) is 85.4 cm³/mol. The Morgan fingerprint density at radius 1 is 1.14 bits per heavy atom. The molecular formula is C14H11Cl2N3O3. The third-order valence-corrected chi connectivity index (χ3v) is 3.36. The molecule has 0 fully saturated rings. The Balaban J connectivity index is 1.98. The van der Waals surface area contributed by atoms with Gasteiger partial charge in [0.2, 0.25) is 0 Å². The lowest BCUT2D eigenvalue weighted by Gasteiger charge is -2.09. The largest absolute Gasteiger partial charge is 0.334 e. The number of carbonyl (C=O) groups excluding carboxylic acids is 1. The van der Waals surface area contributed by atoms with E-state index in [-0.39, 0.29) is 22.9 Å². The highest BCUT2D eigenvalue weighted by Gasteiger charge is 2.11. The van der Waals surface area contributed by atoms with Crippen LogP contribution in [-0.2, 0) is 6.54 Å². The van der Waals surface area contributed by atoms with Gasteiger partial charge in [0.15, 0.2) is 0 Å². The van der Waals surface area contributed by atoms with Crippen molar-refractivity contribution in [2.45, 2.75) is 6.54 Å². The first-order valence-electron chi connectivity index (χ1n) is 6.19. The first-order chi connectivity index (χ1) is 10.5. The third-order valence-electron chi connectivity index (χ3n) is 2.78. The van der Waals surface area contributed by atoms with Crippen LogP contribution in [0.2, 0.25) is 10.0 Å². The van der Waals surface area contributed by atoms with Crippen LogP contribution in [0, 0.1) is 10.1 Å². The number of hydrogen-bond acceptors (Lipinski definition) is 3. The highest BCUT2D eigenvalue weighted by Crippen LogP contribution is 2.26. The standard InChI is InChI=1S/C14H11Cl2N3O3/c15-10-3-1-9(2-4-10)8-17-14(20)18-13-7-11(19(21)22)5-6-12(13)16/h1-7H,8H2,(H2,17,18,20). The zero-order valence-electron chi connectivity index (χ0n) is 11.2. The second-order valence-electron chi connectivity index (χ2n) is 4.36. The molecule has 0 bridgehead atoms. The van der Waals surface area contributed by atoms with Gasteiger partial charge < -0.3 is 10.6 Å². The van der Waals surface area contributed by atoms with Gasteiger partial charge in [0.25, 0.3) is 5.69 Å². The molecule has 2 aromatic rings. The van der Waals surface area contributed by atoms with E-state index in [1.807, 2.05) is 0 Å². The zero-order valence-corrected chi connectivity index (χ0v) is 12.7. The van der Waals surface area contributed by atoms with Crippen LogP contribution in [0.1, 0.15) is 5.56 Å². The van der Waals surface area contributed by atoms with E-state index in [0.717, 1.165) is 5.56 Å². The van der Waals surface area contributed by atoms with E-state index in [1.54, 1.807) is 24.3 Å². The van der Waals surface area contributed by atoms with E-state index in [4.69, 9.17) is 23.2 Å². The molecule has 2 rings (SSSR count). The van der Waals surface area contributed by atoms with Gasteiger partial charge in [-0.15, -0.1) is 0 Å². The molecule has 2 N–H and O–H groups in total. The molecule has 0 saturated carbocycles. The van der Waals surface area contributed by atoms with Gasteiger partial charge in [0.1, 0.15) is 0 Å². The molecule has 0 atom stereocenters. The van der Waals surface area contributed by atoms with Crippen molar-refractivity contribution in [3.8, 4) is 0 Å². The van der Waals surface area contributed by atoms with Crippen LogP contribution in [-0.4, -0.2) is 11.0 Å². The van der Waals surface area contributed by atoms with E-state index in [9.17, 15) is 14.9 Å². The summed E-state index contributed by atoms with van der Waals surface area (Å²) in [4.78, 5) is 22.0. The highest BCUT2D eigenvalue weighted by atomic mass is 35.5. The molecule has 0 aliphatic carbocycles. The van der Waals surface area contributed by atoms with Crippen LogP contribution in [0.25, 0.3) is 0 Å². The van der Waals surface area contributed by atoms with E-state index in [2.05, 4.69) is 10.6 Å². The summed E-state index contributed by atoms with van der Waals surface area (Å²) in [6.07, 6.45) is 0. The van der Waals surface area contributed by atoms with E-state index < -0.39 is 11.0 Å². The van der Waals surface area contributed by atoms with Crippen LogP contribution in [0.4, 0.5) is 16.2 Å². The van der Waals surface area contributed by atoms with Crippen molar-refractivity contribution >= 4 is 40.6 Å². The second-order valence-corrected chi connectivity index (χ2v) is 5.20. The van der Waals surface area contributed by atoms with E-state index in [1.165, 1.54) is 18.2 Å². The number of nitro benzene ring substituents is 1. The van der Waals surface area contributed by atoms with Crippen LogP contribution in [0.15, 0.2) is 42.5 Å². The van der Waals surface area contributed by atoms with Gasteiger partial charge in [0.05, 0.1) is 15.6 Å². The second kappa shape index (κ2) is 7.11. The number of nitro groups is 1. The van der Waals surface area contributed by atoms with Crippen molar-refractivity contribution in [1.82, 2.24) is 5.32 Å². The Morgan fingerprint density at radius 2 is 1.82 bits per heavy atom. The molecule has 0 aliphatic rings. The number of urea groups is 1. The smallest absolute Gasteiger partial charge is 0.319 e. The Labute approximate surface area is 136 Å². The summed E-state index contributed by atoms with van der Waals surface area (Å²) in [5.74, 6) is 0. The fourth-order valence-electron chi connectivity index (χ4n) is 1.67. The van der Waals surface area contributed by atoms with Gasteiger partial charge in [-0.05, 0) is 23.8 Å². The average Bonchev–Trinajstić information content (AvgIpc) is 2.48. The number of nitrogens with zero attached hydrogens (tertiary/aromatic N) is 1. The van der Waals surface area contributed by atoms with Crippen molar-refractivity contribution in [2.24, 2.45) is 0 Å². The molecule has 22 heavy (non-hydrogen) atoms. The number of carbonyl (C=O) groups is 1. The lowest BCUT2D eigenvalue weighted by Crippen LogP contribution is -2.28. The maximum Gasteiger partial charge on any atom is 0.319 e. The maximum atomic E-state index is 11.8. The van der Waals surface area contributed by atoms with Crippen LogP contribution in [0.3, 0.4) is 0 Å². The van der Waals surface area contributed by atoms with Crippen molar-refractivity contribution in [3.63, 3.8) is 0 Å². The molecular weight excluding hydrogens is 329 g/mol. The minimum absolute atomic E-state index is 0.155. The first-order valence-corrected chi connectivity index (χ1v) is 6.94. The number of amides is 2. The molecule has 0 spiro atoms. The van der Waals surface area contributed by atoms with Crippen molar-refractivity contribution in [2.75, 3.05) is 5.32 Å². The van der Waals surface area contributed by atoms with Crippen molar-refractivity contribution in [3.05, 3.63) is 68.2 Å². The number of hydrogen-bond donors (Lipinski definition) is 2. The lowest BCUT2D eigenvalue weighted by atomic mass is 10.2. The fraction of sp³-hybridized carbons (Fsp3) is 0.0714. The molecule has 114 valence electrons. The van der Waals surface area contributed by atoms with Gasteiger partial charge in [-0.3, -0.25) is 10.1 Å². The lowest BCUT2D eigenvalue weighted by molar-refractivity contribution is -0.384. The summed E-state index contributed by atoms with van der Waals surface area (Å²) >= 11 is 11.7. The normalized spacial score (nSPS) is 10.1. The molecule has 0 radical (unpaired) electrons. The van der Waals surface area contributed by atoms with Crippen molar-refractivity contribution in [1.29, 1.82) is 0 Å². The molecule has 2 amide bonds. The number of rotatable bonds is 4. The van der Waals surface area contributed by atoms with Crippen LogP contribution in [0.5, 0.6) is 0 Å². The summed E-state index contributed by atoms with van der Waals surface area (Å²) in [6, 6.07) is 10.3. The zero-order chi connectivity index (χ0) is 16.1. The molecule has 6 nitrogen and oxygen atoms in total. The minimum Gasteiger partial charge on any atom is -0.334 e. The van der Waals surface area contributed by atoms with E-state index in [0.29, 0.717) is 5.02 Å². The quantitative estimate of drug-likeness (QED) is 0.645. The third kappa shape index (κ3) is 4.34. The number of benzene rings is 2. The summed E-state index contributed by atoms with van der Waals surface area (Å²) < 4.78 is 0. The number of nitrogens with one attached hydrogen (secondary N) is 2. The summed E-state index contributed by atoms with van der Waals surface area (Å²) in [7, 11) is 0. The number of non-ortho nitro benzene ring substituents is 1. The van der Waals surface area contributed by atoms with Gasteiger partial charge in [-0.1, -0.05) is 35.3 Å². The van der Waals surface area contributed by atoms with Gasteiger partial charge in [-0.2, -0.15) is 0 Å². The van der Waals surface area contributed by atoms with E-state index >= 15 is 0 Å². The number of anilines is 1. The summed E-state index contributed by atoms with van der Waals surface area (Å²) in [6.45, 7) is 0.287. The Morgan fingerprint density at radius 3 is 2.45 bits per heavy atom. The monoisotopic (exact) mass is 339 g/mol. The van der Waals surface area contributed by atoms with Gasteiger partial charge in [0, 0.05) is 23.7 Å². The first kappa shape index (κ1) is 16.1. The highest BCUT2D eigenvalue weighted by molar-refractivity contribution is 6.33. The summed E-state index contributed by atoms with van der Waals surface area (Å²) in [5.41, 5.74) is 0.881. The van der Waals surface area contributed by atoms with Crippen LogP contribution >= 0.6 is 23.2 Å². The molecule has 0 unspecified atom stereocenters. The molecule has 0 saturated heterocycles. The minimum atomic E-state index is -0.562. The SMILES string of the molecule is O=C(NCc1ccc(Cl)cc1)Nc1cc([N+](=O)[O-])ccc1Cl. The summed E-state index contributed by atoms with van der Waals surface area (Å²) in [5, 5.41) is 16.6. The van der Waals surface area contributed by atoms with Gasteiger partial charge in [-0.25, -0.2) is 4.79 Å². The molecule has 8 heteroatoms. The van der Waals surface area contributed by atoms with Crippen LogP contribution < -0.4 is 10.6 Å². The number of halogens is 2. The molecule has 0 aromatic heterocycles. The molecule has 0 aliphatic heterocycles. The molecule has 0 heterocycles. The average molecular weight is 340 g/mol. The Kier molecular flexibility index (Phi) is 5.19. The molecule has 2 aromatic carbocycles. The van der Waals surface area contributed by atoms with Gasteiger partial charge >= 0.3 is 6.03 Å². The topological polar surface area (TPSA) is 84.3 Å². The van der Waals surface area contributed by atoms with Crippen molar-refractivity contribution < 1.29 is 9.72 Å². The predicted octanol–water partition coefficient (Wildman–Crippen LogP) is 4.22. The fourth-order valence-corrected chi connectivity index (χ4v) is 1.96. The Hall–Kier alpha value is -2.31.